The molecule has 0 radical (unpaired) electrons. The molecule has 25 heavy (non-hydrogen) atoms. The van der Waals surface area contributed by atoms with Crippen molar-refractivity contribution in [2.24, 2.45) is 0 Å². The van der Waals surface area contributed by atoms with Gasteiger partial charge in [-0.2, -0.15) is 0 Å². The quantitative estimate of drug-likeness (QED) is 0.743. The number of carbonyl (C=O) groups is 2. The van der Waals surface area contributed by atoms with Crippen molar-refractivity contribution in [3.05, 3.63) is 63.9 Å². The molecule has 2 aromatic carbocycles. The first-order valence-corrected chi connectivity index (χ1v) is 8.43. The third-order valence-corrected chi connectivity index (χ3v) is 4.02. The van der Waals surface area contributed by atoms with Crippen LogP contribution in [0, 0.1) is 5.82 Å². The zero-order valence-electron chi connectivity index (χ0n) is 13.8. The molecule has 0 spiro atoms. The molecule has 0 aliphatic rings. The van der Waals surface area contributed by atoms with E-state index in [1.807, 2.05) is 12.1 Å². The molecule has 0 bridgehead atoms. The van der Waals surface area contributed by atoms with E-state index in [9.17, 15) is 14.0 Å². The van der Waals surface area contributed by atoms with Gasteiger partial charge in [0.05, 0.1) is 4.47 Å². The molecule has 132 valence electrons. The van der Waals surface area contributed by atoms with Crippen molar-refractivity contribution in [1.82, 2.24) is 10.9 Å². The van der Waals surface area contributed by atoms with E-state index >= 15 is 0 Å². The molecular formula is C18H18BrFN2O3. The second kappa shape index (κ2) is 8.62. The van der Waals surface area contributed by atoms with Gasteiger partial charge in [0.25, 0.3) is 11.8 Å². The molecule has 0 saturated carbocycles. The first-order chi connectivity index (χ1) is 11.9. The maximum absolute atomic E-state index is 12.8. The third kappa shape index (κ3) is 5.56. The fourth-order valence-corrected chi connectivity index (χ4v) is 2.48. The molecule has 0 aliphatic carbocycles. The number of hydrogen-bond acceptors (Lipinski definition) is 3. The molecule has 0 saturated heterocycles. The summed E-state index contributed by atoms with van der Waals surface area (Å²) in [6, 6.07) is 10.6. The molecule has 2 N–H and O–H groups in total. The lowest BCUT2D eigenvalue weighted by Gasteiger charge is -2.12. The average molecular weight is 409 g/mol. The molecule has 2 rings (SSSR count). The van der Waals surface area contributed by atoms with Gasteiger partial charge in [-0.25, -0.2) is 4.39 Å². The maximum Gasteiger partial charge on any atom is 0.276 e. The first-order valence-electron chi connectivity index (χ1n) is 7.64. The zero-order chi connectivity index (χ0) is 18.4. The predicted molar refractivity (Wildman–Crippen MR) is 95.7 cm³/mol. The second-order valence-electron chi connectivity index (χ2n) is 5.64. The van der Waals surface area contributed by atoms with E-state index < -0.39 is 17.6 Å². The van der Waals surface area contributed by atoms with Crippen molar-refractivity contribution in [2.75, 3.05) is 6.61 Å². The Bertz CT molecular complexity index is 763. The molecule has 0 atom stereocenters. The summed E-state index contributed by atoms with van der Waals surface area (Å²) in [7, 11) is 0. The molecule has 5 nitrogen and oxygen atoms in total. The number of benzene rings is 2. The van der Waals surface area contributed by atoms with Crippen LogP contribution in [0.15, 0.2) is 46.9 Å². The Morgan fingerprint density at radius 2 is 1.80 bits per heavy atom. The Labute approximate surface area is 153 Å². The maximum atomic E-state index is 12.8. The van der Waals surface area contributed by atoms with Crippen LogP contribution in [0.2, 0.25) is 0 Å². The number of hydrogen-bond donors (Lipinski definition) is 2. The summed E-state index contributed by atoms with van der Waals surface area (Å²) >= 11 is 3.41. The van der Waals surface area contributed by atoms with Crippen molar-refractivity contribution in [2.45, 2.75) is 19.8 Å². The van der Waals surface area contributed by atoms with Crippen LogP contribution in [0.1, 0.15) is 35.7 Å². The second-order valence-corrected chi connectivity index (χ2v) is 6.50. The van der Waals surface area contributed by atoms with Gasteiger partial charge in [-0.1, -0.05) is 19.9 Å². The van der Waals surface area contributed by atoms with E-state index in [4.69, 9.17) is 4.74 Å². The van der Waals surface area contributed by atoms with Gasteiger partial charge in [-0.05, 0) is 63.8 Å². The van der Waals surface area contributed by atoms with Crippen molar-refractivity contribution >= 4 is 27.7 Å². The molecule has 0 fully saturated rings. The van der Waals surface area contributed by atoms with Crippen LogP contribution in [0.5, 0.6) is 5.75 Å². The largest absolute Gasteiger partial charge is 0.483 e. The van der Waals surface area contributed by atoms with Crippen LogP contribution >= 0.6 is 15.9 Å². The topological polar surface area (TPSA) is 67.4 Å². The van der Waals surface area contributed by atoms with Gasteiger partial charge < -0.3 is 4.74 Å². The van der Waals surface area contributed by atoms with Crippen molar-refractivity contribution < 1.29 is 18.7 Å². The van der Waals surface area contributed by atoms with Crippen LogP contribution in [0.3, 0.4) is 0 Å². The van der Waals surface area contributed by atoms with Crippen LogP contribution in [0.4, 0.5) is 4.39 Å². The van der Waals surface area contributed by atoms with Crippen LogP contribution < -0.4 is 15.6 Å². The van der Waals surface area contributed by atoms with E-state index in [0.717, 1.165) is 22.2 Å². The summed E-state index contributed by atoms with van der Waals surface area (Å²) < 4.78 is 19.0. The SMILES string of the molecule is CC(C)c1ccc(OCC(=O)NNC(=O)c2ccc(F)cc2)c(Br)c1. The number of carbonyl (C=O) groups excluding carboxylic acids is 2. The molecule has 2 amide bonds. The highest BCUT2D eigenvalue weighted by atomic mass is 79.9. The predicted octanol–water partition coefficient (Wildman–Crippen LogP) is 3.55. The number of nitrogens with one attached hydrogen (secondary N) is 2. The lowest BCUT2D eigenvalue weighted by Crippen LogP contribution is -2.43. The van der Waals surface area contributed by atoms with Crippen molar-refractivity contribution in [3.8, 4) is 5.75 Å². The summed E-state index contributed by atoms with van der Waals surface area (Å²) in [6.07, 6.45) is 0. The van der Waals surface area contributed by atoms with E-state index in [1.54, 1.807) is 6.07 Å². The van der Waals surface area contributed by atoms with Crippen molar-refractivity contribution in [3.63, 3.8) is 0 Å². The van der Waals surface area contributed by atoms with Gasteiger partial charge >= 0.3 is 0 Å². The van der Waals surface area contributed by atoms with E-state index in [-0.39, 0.29) is 12.2 Å². The van der Waals surface area contributed by atoms with E-state index in [0.29, 0.717) is 11.7 Å². The Balaban J connectivity index is 1.82. The van der Waals surface area contributed by atoms with Crippen LogP contribution in [-0.4, -0.2) is 18.4 Å². The fraction of sp³-hybridized carbons (Fsp3) is 0.222. The molecule has 0 heterocycles. The average Bonchev–Trinajstić information content (AvgIpc) is 2.59. The monoisotopic (exact) mass is 408 g/mol. The van der Waals surface area contributed by atoms with Gasteiger partial charge in [0.2, 0.25) is 0 Å². The Morgan fingerprint density at radius 3 is 2.40 bits per heavy atom. The number of hydrazine groups is 1. The fourth-order valence-electron chi connectivity index (χ4n) is 1.97. The van der Waals surface area contributed by atoms with Crippen LogP contribution in [0.25, 0.3) is 0 Å². The Kier molecular flexibility index (Phi) is 6.52. The molecular weight excluding hydrogens is 391 g/mol. The standard InChI is InChI=1S/C18H18BrFN2O3/c1-11(2)13-5-8-16(15(19)9-13)25-10-17(23)21-22-18(24)12-3-6-14(20)7-4-12/h3-9,11H,10H2,1-2H3,(H,21,23)(H,22,24). The minimum absolute atomic E-state index is 0.231. The van der Waals surface area contributed by atoms with Gasteiger partial charge in [0.15, 0.2) is 6.61 Å². The minimum atomic E-state index is -0.546. The highest BCUT2D eigenvalue weighted by Gasteiger charge is 2.10. The molecule has 0 aliphatic heterocycles. The lowest BCUT2D eigenvalue weighted by molar-refractivity contribution is -0.123. The molecule has 0 unspecified atom stereocenters. The molecule has 0 aromatic heterocycles. The summed E-state index contributed by atoms with van der Waals surface area (Å²) in [5, 5.41) is 0. The molecule has 2 aromatic rings. The Hall–Kier alpha value is -2.41. The highest BCUT2D eigenvalue weighted by Crippen LogP contribution is 2.28. The van der Waals surface area contributed by atoms with Gasteiger partial charge in [-0.15, -0.1) is 0 Å². The smallest absolute Gasteiger partial charge is 0.276 e. The summed E-state index contributed by atoms with van der Waals surface area (Å²) in [6.45, 7) is 3.91. The van der Waals surface area contributed by atoms with Crippen LogP contribution in [-0.2, 0) is 4.79 Å². The first kappa shape index (κ1) is 18.9. The third-order valence-electron chi connectivity index (χ3n) is 3.40. The summed E-state index contributed by atoms with van der Waals surface area (Å²) in [4.78, 5) is 23.6. The highest BCUT2D eigenvalue weighted by molar-refractivity contribution is 9.10. The number of ether oxygens (including phenoxy) is 1. The van der Waals surface area contributed by atoms with E-state index in [2.05, 4.69) is 40.6 Å². The number of halogens is 2. The lowest BCUT2D eigenvalue weighted by atomic mass is 10.0. The molecule has 7 heteroatoms. The normalized spacial score (nSPS) is 10.4. The number of rotatable bonds is 5. The van der Waals surface area contributed by atoms with Gasteiger partial charge in [-0.3, -0.25) is 20.4 Å². The number of amides is 2. The Morgan fingerprint density at radius 1 is 1.12 bits per heavy atom. The zero-order valence-corrected chi connectivity index (χ0v) is 15.4. The minimum Gasteiger partial charge on any atom is -0.483 e. The van der Waals surface area contributed by atoms with Gasteiger partial charge in [0, 0.05) is 5.56 Å². The van der Waals surface area contributed by atoms with Gasteiger partial charge in [0.1, 0.15) is 11.6 Å². The summed E-state index contributed by atoms with van der Waals surface area (Å²) in [5.41, 5.74) is 5.86. The van der Waals surface area contributed by atoms with Crippen molar-refractivity contribution in [1.29, 1.82) is 0 Å². The van der Waals surface area contributed by atoms with E-state index in [1.165, 1.54) is 12.1 Å². The summed E-state index contributed by atoms with van der Waals surface area (Å²) in [5.74, 6) is -0.589.